The van der Waals surface area contributed by atoms with E-state index in [1.54, 1.807) is 71.0 Å². The molecule has 2 aromatic carbocycles. The minimum absolute atomic E-state index is 0.0181. The lowest BCUT2D eigenvalue weighted by Gasteiger charge is -2.41. The Morgan fingerprint density at radius 2 is 1.03 bits per heavy atom. The van der Waals surface area contributed by atoms with E-state index in [-0.39, 0.29) is 62.4 Å². The molecular formula is C73H116FN11O13S. The van der Waals surface area contributed by atoms with Crippen LogP contribution in [-0.2, 0) is 64.1 Å². The minimum atomic E-state index is -1.44. The molecule has 2 aliphatic rings. The molecule has 2 aromatic rings. The molecule has 0 bridgehead atoms. The number of halogens is 1. The average molecular weight is 1410 g/mol. The molecular weight excluding hydrogens is 1290 g/mol. The van der Waals surface area contributed by atoms with E-state index in [2.05, 4.69) is 21.3 Å². The summed E-state index contributed by atoms with van der Waals surface area (Å²) >= 11 is 1.36. The maximum Gasteiger partial charge on any atom is 0.246 e. The Hall–Kier alpha value is -7.35. The summed E-state index contributed by atoms with van der Waals surface area (Å²) < 4.78 is 27.4. The zero-order valence-corrected chi connectivity index (χ0v) is 63.8. The minimum Gasteiger partial charge on any atom is -0.489 e. The topological polar surface area (TPSA) is 277 Å². The van der Waals surface area contributed by atoms with Crippen LogP contribution < -0.4 is 26.0 Å². The van der Waals surface area contributed by atoms with Gasteiger partial charge in [0.2, 0.25) is 65.0 Å². The highest BCUT2D eigenvalue weighted by molar-refractivity contribution is 7.99. The van der Waals surface area contributed by atoms with Gasteiger partial charge in [0.1, 0.15) is 84.0 Å². The van der Waals surface area contributed by atoms with E-state index in [0.717, 1.165) is 9.80 Å². The highest BCUT2D eigenvalue weighted by atomic mass is 32.2. The zero-order chi connectivity index (χ0) is 74.9. The van der Waals surface area contributed by atoms with Crippen molar-refractivity contribution >= 4 is 76.7 Å². The van der Waals surface area contributed by atoms with Crippen LogP contribution in [0, 0.1) is 47.2 Å². The fourth-order valence-corrected chi connectivity index (χ4v) is 13.9. The van der Waals surface area contributed by atoms with Crippen LogP contribution >= 0.6 is 11.8 Å². The fourth-order valence-electron chi connectivity index (χ4n) is 12.7. The van der Waals surface area contributed by atoms with Gasteiger partial charge in [-0.3, -0.25) is 52.7 Å². The van der Waals surface area contributed by atoms with E-state index in [1.165, 1.54) is 110 Å². The predicted octanol–water partition coefficient (Wildman–Crippen LogP) is 6.57. The lowest BCUT2D eigenvalue weighted by atomic mass is 9.93. The lowest BCUT2D eigenvalue weighted by molar-refractivity contribution is -0.157. The van der Waals surface area contributed by atoms with Gasteiger partial charge in [-0.15, -0.1) is 0 Å². The van der Waals surface area contributed by atoms with E-state index in [1.807, 2.05) is 68.4 Å². The Morgan fingerprint density at radius 1 is 0.525 bits per heavy atom. The molecule has 2 fully saturated rings. The van der Waals surface area contributed by atoms with Gasteiger partial charge in [0.15, 0.2) is 0 Å². The first-order chi connectivity index (χ1) is 46.1. The van der Waals surface area contributed by atoms with Crippen LogP contribution in [0.4, 0.5) is 4.39 Å². The number of thioether (sulfide) groups is 1. The first kappa shape index (κ1) is 84.1. The number of carbonyl (C=O) groups is 11. The van der Waals surface area contributed by atoms with Gasteiger partial charge in [0, 0.05) is 59.8 Å². The Bertz CT molecular complexity index is 3130. The van der Waals surface area contributed by atoms with Gasteiger partial charge in [-0.1, -0.05) is 133 Å². The quantitative estimate of drug-likeness (QED) is 0.131. The second-order valence-corrected chi connectivity index (χ2v) is 30.8. The van der Waals surface area contributed by atoms with Crippen molar-refractivity contribution in [3.63, 3.8) is 0 Å². The number of nitrogens with zero attached hydrogens (tertiary/aromatic N) is 7. The fraction of sp³-hybridized carbons (Fsp3) is 0.685. The first-order valence-corrected chi connectivity index (χ1v) is 35.9. The van der Waals surface area contributed by atoms with Gasteiger partial charge in [-0.2, -0.15) is 0 Å². The Labute approximate surface area is 592 Å². The van der Waals surface area contributed by atoms with Crippen molar-refractivity contribution in [3.8, 4) is 5.75 Å². The molecule has 0 saturated carbocycles. The molecule has 2 saturated heterocycles. The van der Waals surface area contributed by atoms with Crippen LogP contribution in [0.2, 0.25) is 0 Å². The number of hydrogen-bond donors (Lipinski definition) is 4. The third kappa shape index (κ3) is 22.8. The third-order valence-corrected chi connectivity index (χ3v) is 19.7. The number of nitrogens with one attached hydrogen (secondary N) is 4. The van der Waals surface area contributed by atoms with Crippen LogP contribution in [0.1, 0.15) is 155 Å². The summed E-state index contributed by atoms with van der Waals surface area (Å²) in [6, 6.07) is 1.25. The molecule has 0 radical (unpaired) electrons. The van der Waals surface area contributed by atoms with Crippen LogP contribution in [0.3, 0.4) is 0 Å². The number of benzene rings is 2. The molecule has 0 aromatic heterocycles. The third-order valence-electron chi connectivity index (χ3n) is 18.6. The number of hydrogen-bond acceptors (Lipinski definition) is 14. The van der Waals surface area contributed by atoms with Crippen molar-refractivity contribution in [1.82, 2.24) is 55.6 Å². The first-order valence-electron chi connectivity index (χ1n) is 35.0. The molecule has 0 aliphatic carbocycles. The van der Waals surface area contributed by atoms with Gasteiger partial charge in [-0.25, -0.2) is 4.39 Å². The number of rotatable bonds is 17. The van der Waals surface area contributed by atoms with Crippen molar-refractivity contribution in [2.24, 2.45) is 41.4 Å². The molecule has 13 atom stereocenters. The Balaban J connectivity index is 1.89. The number of ether oxygens (including phenoxy) is 2. The summed E-state index contributed by atoms with van der Waals surface area (Å²) in [6.07, 6.45) is -0.00636. The lowest BCUT2D eigenvalue weighted by Crippen LogP contribution is -2.63. The largest absolute Gasteiger partial charge is 0.489 e. The Morgan fingerprint density at radius 3 is 1.57 bits per heavy atom. The van der Waals surface area contributed by atoms with Crippen LogP contribution in [0.25, 0.3) is 0 Å². The van der Waals surface area contributed by atoms with Crippen LogP contribution in [-0.4, -0.2) is 227 Å². The molecule has 4 rings (SSSR count). The molecule has 0 spiro atoms. The van der Waals surface area contributed by atoms with E-state index in [4.69, 9.17) is 9.47 Å². The van der Waals surface area contributed by atoms with Crippen LogP contribution in [0.15, 0.2) is 53.4 Å². The van der Waals surface area contributed by atoms with Gasteiger partial charge in [-0.05, 0) is 118 Å². The van der Waals surface area contributed by atoms with Crippen molar-refractivity contribution < 1.29 is 66.6 Å². The molecule has 26 heteroatoms. The number of likely N-dealkylation sites (N-methyl/N-ethyl adjacent to an activating group) is 7. The molecule has 99 heavy (non-hydrogen) atoms. The second-order valence-electron chi connectivity index (χ2n) is 29.5. The van der Waals surface area contributed by atoms with Crippen molar-refractivity contribution in [2.45, 2.75) is 233 Å². The maximum atomic E-state index is 15.7. The Kier molecular flexibility index (Phi) is 32.2. The molecule has 2 aliphatic heterocycles. The van der Waals surface area contributed by atoms with Crippen molar-refractivity contribution in [1.29, 1.82) is 0 Å². The summed E-state index contributed by atoms with van der Waals surface area (Å²) in [5, 5.41) is 11.2. The van der Waals surface area contributed by atoms with Gasteiger partial charge in [0.05, 0.1) is 12.6 Å². The zero-order valence-electron chi connectivity index (χ0n) is 63.0. The molecule has 554 valence electrons. The second kappa shape index (κ2) is 37.9. The monoisotopic (exact) mass is 1410 g/mol. The van der Waals surface area contributed by atoms with Gasteiger partial charge < -0.3 is 65.0 Å². The standard InChI is InChI=1S/C73H116FN11O13S/c1-24-53-69(92)79(17)38-58(86)80(18)54(32-40(2)3)66(89)78-60(44(10)11)72(95)81(19)55(33-41(4)5)65(88)75-47(15)64(87)76-48(16)68(91)82(20)56(34-42(6)7)70(93)83(21)57(35-43(8)9)71(94)84(22)61(45(12)13)73(96)85(23)62(67(90)77-53)63-46(14)36-59(98-63)99-51-30-27-29-50(37-51)97-39-49-28-25-26-31-52(49)74/h25-31,37,40-48,53-57,59-63H,24,32-36,38-39H2,1-23H3,(H,75,88)(H,76,87)(H,77,90)(H,78,89)/t46-,47+,48-,53+,54+,55+,56+,57+,59+,60+,61+,62+,63-/m1/s1. The summed E-state index contributed by atoms with van der Waals surface area (Å²) in [5.74, 6) is -9.34. The molecule has 24 nitrogen and oxygen atoms in total. The molecule has 4 N–H and O–H groups in total. The van der Waals surface area contributed by atoms with E-state index in [0.29, 0.717) is 17.7 Å². The summed E-state index contributed by atoms with van der Waals surface area (Å²) in [5.41, 5.74) is -0.208. The van der Waals surface area contributed by atoms with E-state index >= 15 is 19.2 Å². The van der Waals surface area contributed by atoms with Crippen molar-refractivity contribution in [2.75, 3.05) is 55.9 Å². The molecule has 2 heterocycles. The average Bonchev–Trinajstić information content (AvgIpc) is 1.78. The van der Waals surface area contributed by atoms with Gasteiger partial charge >= 0.3 is 0 Å². The highest BCUT2D eigenvalue weighted by Crippen LogP contribution is 2.40. The normalized spacial score (nSPS) is 27.0. The molecule has 11 amide bonds. The molecule has 0 unspecified atom stereocenters. The number of carbonyl (C=O) groups excluding carboxylic acids is 11. The van der Waals surface area contributed by atoms with E-state index < -0.39 is 167 Å². The number of amides is 11. The maximum absolute atomic E-state index is 15.7. The summed E-state index contributed by atoms with van der Waals surface area (Å²) in [4.78, 5) is 173. The van der Waals surface area contributed by atoms with Crippen molar-refractivity contribution in [3.05, 3.63) is 59.9 Å². The van der Waals surface area contributed by atoms with E-state index in [9.17, 15) is 38.0 Å². The highest BCUT2D eigenvalue weighted by Gasteiger charge is 2.49. The van der Waals surface area contributed by atoms with Crippen LogP contribution in [0.5, 0.6) is 5.75 Å². The summed E-state index contributed by atoms with van der Waals surface area (Å²) in [6.45, 7) is 27.8. The smallest absolute Gasteiger partial charge is 0.246 e. The SMILES string of the molecule is CC[C@@H]1NC(=O)[C@H]([C@@H]2O[C@@H](Sc3cccc(OCc4ccccc4F)c3)C[C@H]2C)N(C)C(=O)[C@H](C(C)C)N(C)C(=O)[C@H](CC(C)C)N(C)C(=O)[C@H](CC(C)C)N(C)C(=O)[C@@H](C)NC(=O)[C@H](C)NC(=O)[C@H](CC(C)C)N(C)C(=O)[C@H](C(C)C)NC(=O)[C@H](CC(C)C)N(C)C(=O)CN(C)C1=O. The predicted molar refractivity (Wildman–Crippen MR) is 379 cm³/mol. The van der Waals surface area contributed by atoms with Gasteiger partial charge in [0.25, 0.3) is 0 Å². The summed E-state index contributed by atoms with van der Waals surface area (Å²) in [7, 11) is 10.1.